The first-order valence-corrected chi connectivity index (χ1v) is 11.8. The summed E-state index contributed by atoms with van der Waals surface area (Å²) >= 11 is 0. The Morgan fingerprint density at radius 1 is 1.19 bits per heavy atom. The summed E-state index contributed by atoms with van der Waals surface area (Å²) in [7, 11) is -2.04. The summed E-state index contributed by atoms with van der Waals surface area (Å²) in [5.74, 6) is -2.43. The maximum Gasteiger partial charge on any atom is 0.273 e. The molecule has 0 spiro atoms. The van der Waals surface area contributed by atoms with Crippen LogP contribution in [-0.2, 0) is 23.1 Å². The van der Waals surface area contributed by atoms with E-state index in [4.69, 9.17) is 0 Å². The summed E-state index contributed by atoms with van der Waals surface area (Å²) in [6.07, 6.45) is 1.05. The van der Waals surface area contributed by atoms with Crippen molar-refractivity contribution in [3.05, 3.63) is 68.9 Å². The highest BCUT2D eigenvalue weighted by atomic mass is 32.2. The molecule has 3 rings (SSSR count). The van der Waals surface area contributed by atoms with E-state index < -0.39 is 38.9 Å². The van der Waals surface area contributed by atoms with E-state index in [9.17, 15) is 27.2 Å². The number of aryl methyl sites for hydroxylation is 1. The van der Waals surface area contributed by atoms with E-state index in [1.807, 2.05) is 31.2 Å². The van der Waals surface area contributed by atoms with Crippen LogP contribution in [0.15, 0.2) is 35.1 Å². The number of benzene rings is 1. The zero-order valence-corrected chi connectivity index (χ0v) is 18.9. The predicted octanol–water partition coefficient (Wildman–Crippen LogP) is 0.573. The molecule has 2 aromatic rings. The lowest BCUT2D eigenvalue weighted by Crippen LogP contribution is -2.49. The topological polar surface area (TPSA) is 109 Å². The summed E-state index contributed by atoms with van der Waals surface area (Å²) in [4.78, 5) is 39.3. The van der Waals surface area contributed by atoms with Gasteiger partial charge in [-0.1, -0.05) is 29.8 Å². The number of nitrogens with zero attached hydrogens (tertiary/aromatic N) is 3. The lowest BCUT2D eigenvalue weighted by atomic mass is 10.1. The highest BCUT2D eigenvalue weighted by Crippen LogP contribution is 2.16. The number of amides is 2. The second kappa shape index (κ2) is 9.21. The molecular weight excluding hydrogens is 439 g/mol. The quantitative estimate of drug-likeness (QED) is 0.645. The number of fused-ring (bicyclic) bond motifs is 1. The number of rotatable bonds is 7. The molecule has 1 aromatic heterocycles. The Hall–Kier alpha value is -3.05. The molecule has 2 amide bonds. The van der Waals surface area contributed by atoms with Crippen LogP contribution in [0.25, 0.3) is 0 Å². The van der Waals surface area contributed by atoms with Gasteiger partial charge in [0.1, 0.15) is 11.3 Å². The Morgan fingerprint density at radius 3 is 2.47 bits per heavy atom. The number of aromatic nitrogens is 1. The van der Waals surface area contributed by atoms with Crippen LogP contribution in [0.4, 0.5) is 4.39 Å². The van der Waals surface area contributed by atoms with Crippen LogP contribution in [0.1, 0.15) is 32.0 Å². The van der Waals surface area contributed by atoms with Crippen molar-refractivity contribution in [3.63, 3.8) is 0 Å². The fourth-order valence-corrected chi connectivity index (χ4v) is 3.74. The highest BCUT2D eigenvalue weighted by molar-refractivity contribution is 7.88. The smallest absolute Gasteiger partial charge is 0.273 e. The van der Waals surface area contributed by atoms with E-state index in [1.165, 1.54) is 11.9 Å². The van der Waals surface area contributed by atoms with Crippen LogP contribution >= 0.6 is 0 Å². The van der Waals surface area contributed by atoms with Crippen LogP contribution in [-0.4, -0.2) is 66.9 Å². The van der Waals surface area contributed by atoms with E-state index in [1.54, 1.807) is 0 Å². The molecule has 0 bridgehead atoms. The van der Waals surface area contributed by atoms with Crippen molar-refractivity contribution in [3.8, 4) is 0 Å². The number of carbonyl (C=O) groups is 2. The van der Waals surface area contributed by atoms with E-state index in [0.29, 0.717) is 0 Å². The van der Waals surface area contributed by atoms with Gasteiger partial charge < -0.3 is 10.2 Å². The highest BCUT2D eigenvalue weighted by Gasteiger charge is 2.31. The number of nitrogens with one attached hydrogen (secondary N) is 1. The average Bonchev–Trinajstić information content (AvgIpc) is 2.73. The van der Waals surface area contributed by atoms with Crippen LogP contribution in [0.3, 0.4) is 0 Å². The normalized spacial score (nSPS) is 13.9. The number of sulfonamides is 1. The van der Waals surface area contributed by atoms with Gasteiger partial charge in [-0.2, -0.15) is 0 Å². The fraction of sp³-hybridized carbons (Fsp3) is 0.381. The van der Waals surface area contributed by atoms with Gasteiger partial charge in [0.05, 0.1) is 6.26 Å². The molecule has 0 saturated carbocycles. The lowest BCUT2D eigenvalue weighted by molar-refractivity contribution is 0.0685. The minimum absolute atomic E-state index is 0.00149. The third-order valence-corrected chi connectivity index (χ3v) is 6.71. The summed E-state index contributed by atoms with van der Waals surface area (Å²) in [6, 6.07) is 8.23. The SMILES string of the molecule is Cc1ccc(CNC(=O)c2cc(F)c3n(c2=O)CCN(CCN(C)S(C)(=O)=O)C3=O)cc1. The minimum Gasteiger partial charge on any atom is -0.348 e. The molecule has 1 aliphatic rings. The minimum atomic E-state index is -3.42. The van der Waals surface area contributed by atoms with Crippen LogP contribution in [0, 0.1) is 12.7 Å². The summed E-state index contributed by atoms with van der Waals surface area (Å²) in [5.41, 5.74) is 0.336. The predicted molar refractivity (Wildman–Crippen MR) is 116 cm³/mol. The van der Waals surface area contributed by atoms with Gasteiger partial charge >= 0.3 is 0 Å². The zero-order chi connectivity index (χ0) is 23.6. The summed E-state index contributed by atoms with van der Waals surface area (Å²) in [5, 5.41) is 2.60. The molecule has 32 heavy (non-hydrogen) atoms. The first-order chi connectivity index (χ1) is 15.0. The second-order valence-corrected chi connectivity index (χ2v) is 9.85. The number of carbonyl (C=O) groups excluding carboxylic acids is 2. The van der Waals surface area contributed by atoms with Gasteiger partial charge in [-0.05, 0) is 18.6 Å². The lowest BCUT2D eigenvalue weighted by Gasteiger charge is -2.31. The Balaban J connectivity index is 1.77. The van der Waals surface area contributed by atoms with Gasteiger partial charge in [-0.3, -0.25) is 19.0 Å². The van der Waals surface area contributed by atoms with Gasteiger partial charge in [0.15, 0.2) is 5.82 Å². The third-order valence-electron chi connectivity index (χ3n) is 5.40. The Morgan fingerprint density at radius 2 is 1.84 bits per heavy atom. The molecule has 0 radical (unpaired) electrons. The fourth-order valence-electron chi connectivity index (χ4n) is 3.32. The number of hydrogen-bond donors (Lipinski definition) is 1. The molecule has 0 aliphatic carbocycles. The molecule has 172 valence electrons. The molecule has 0 saturated heterocycles. The first kappa shape index (κ1) is 23.6. The molecule has 11 heteroatoms. The molecule has 1 N–H and O–H groups in total. The average molecular weight is 465 g/mol. The van der Waals surface area contributed by atoms with Crippen LogP contribution in [0.5, 0.6) is 0 Å². The first-order valence-electron chi connectivity index (χ1n) is 9.96. The van der Waals surface area contributed by atoms with Gasteiger partial charge in [0.25, 0.3) is 17.4 Å². The van der Waals surface area contributed by atoms with Gasteiger partial charge in [0, 0.05) is 39.8 Å². The largest absolute Gasteiger partial charge is 0.348 e. The van der Waals surface area contributed by atoms with Gasteiger partial charge in [-0.15, -0.1) is 0 Å². The van der Waals surface area contributed by atoms with Crippen molar-refractivity contribution in [1.29, 1.82) is 0 Å². The Labute approximate surface area is 185 Å². The number of halogens is 1. The summed E-state index contributed by atoms with van der Waals surface area (Å²) < 4.78 is 39.9. The molecule has 1 aliphatic heterocycles. The molecule has 2 heterocycles. The summed E-state index contributed by atoms with van der Waals surface area (Å²) in [6.45, 7) is 2.29. The Kier molecular flexibility index (Phi) is 6.79. The second-order valence-electron chi connectivity index (χ2n) is 7.76. The van der Waals surface area contributed by atoms with Gasteiger partial charge in [0.2, 0.25) is 10.0 Å². The molecular formula is C21H25FN4O5S. The number of likely N-dealkylation sites (N-methyl/N-ethyl adjacent to an activating group) is 1. The van der Waals surface area contributed by atoms with E-state index in [0.717, 1.165) is 32.3 Å². The van der Waals surface area contributed by atoms with Crippen molar-refractivity contribution in [2.24, 2.45) is 0 Å². The van der Waals surface area contributed by atoms with Crippen LogP contribution in [0.2, 0.25) is 0 Å². The van der Waals surface area contributed by atoms with Crippen LogP contribution < -0.4 is 10.9 Å². The molecule has 0 fully saturated rings. The van der Waals surface area contributed by atoms with Crippen molar-refractivity contribution in [2.45, 2.75) is 20.0 Å². The molecule has 0 unspecified atom stereocenters. The monoisotopic (exact) mass is 464 g/mol. The van der Waals surface area contributed by atoms with E-state index >= 15 is 0 Å². The maximum atomic E-state index is 14.8. The van der Waals surface area contributed by atoms with Gasteiger partial charge in [-0.25, -0.2) is 17.1 Å². The zero-order valence-electron chi connectivity index (χ0n) is 18.1. The van der Waals surface area contributed by atoms with E-state index in [2.05, 4.69) is 5.32 Å². The maximum absolute atomic E-state index is 14.8. The van der Waals surface area contributed by atoms with Crippen molar-refractivity contribution < 1.29 is 22.4 Å². The number of hydrogen-bond acceptors (Lipinski definition) is 5. The van der Waals surface area contributed by atoms with E-state index in [-0.39, 0.29) is 38.3 Å². The molecule has 9 nitrogen and oxygen atoms in total. The third kappa shape index (κ3) is 5.05. The molecule has 1 aromatic carbocycles. The number of pyridine rings is 1. The standard InChI is InChI=1S/C21H25FN4O5S/c1-14-4-6-15(7-5-14)13-23-19(27)16-12-17(22)18-21(29)25(10-11-26(18)20(16)28)9-8-24(2)32(3,30)31/h4-7,12H,8-11,13H2,1-3H3,(H,23,27). The van der Waals surface area contributed by atoms with Crippen molar-refractivity contribution in [1.82, 2.24) is 19.1 Å². The Bertz CT molecular complexity index is 1210. The van der Waals surface area contributed by atoms with Crippen molar-refractivity contribution >= 4 is 21.8 Å². The molecule has 0 atom stereocenters. The van der Waals surface area contributed by atoms with Crippen molar-refractivity contribution in [2.75, 3.05) is 32.9 Å².